The Kier molecular flexibility index (Phi) is 9.21. The zero-order valence-electron chi connectivity index (χ0n) is 22.3. The molecule has 3 heterocycles. The normalized spacial score (nSPS) is 24.4. The number of esters is 1. The maximum absolute atomic E-state index is 16.3. The molecule has 1 aromatic carbocycles. The Morgan fingerprint density at radius 1 is 1.32 bits per heavy atom. The fourth-order valence-corrected chi connectivity index (χ4v) is 5.48. The van der Waals surface area contributed by atoms with Crippen LogP contribution in [0.25, 0.3) is 11.2 Å². The highest BCUT2D eigenvalue weighted by atomic mass is 31.2. The number of benzene rings is 1. The van der Waals surface area contributed by atoms with E-state index in [0.29, 0.717) is 0 Å². The summed E-state index contributed by atoms with van der Waals surface area (Å²) in [4.78, 5) is 24.3. The molecule has 2 aromatic heterocycles. The lowest BCUT2D eigenvalue weighted by Gasteiger charge is -2.25. The number of carbonyl (C=O) groups excluding carboxylic acids is 1. The number of nitrogen functional groups attached to an aromatic ring is 1. The summed E-state index contributed by atoms with van der Waals surface area (Å²) in [6.45, 7) is 2.79. The molecule has 0 bridgehead atoms. The first-order chi connectivity index (χ1) is 19.5. The van der Waals surface area contributed by atoms with Crippen LogP contribution in [0.1, 0.15) is 27.0 Å². The number of hydrogen-bond donors (Lipinski definition) is 3. The second kappa shape index (κ2) is 12.5. The molecule has 13 nitrogen and oxygen atoms in total. The number of hydrogen-bond acceptors (Lipinski definition) is 11. The van der Waals surface area contributed by atoms with E-state index in [4.69, 9.17) is 24.3 Å². The number of alkyl halides is 2. The number of aliphatic hydroxyl groups excluding tert-OH is 1. The van der Waals surface area contributed by atoms with Gasteiger partial charge in [0.2, 0.25) is 11.6 Å². The van der Waals surface area contributed by atoms with Crippen LogP contribution in [0.4, 0.5) is 14.7 Å². The van der Waals surface area contributed by atoms with Gasteiger partial charge in [0.25, 0.3) is 0 Å². The van der Waals surface area contributed by atoms with Gasteiger partial charge in [-0.15, -0.1) is 0 Å². The molecule has 1 fully saturated rings. The van der Waals surface area contributed by atoms with Crippen molar-refractivity contribution < 1.29 is 41.8 Å². The van der Waals surface area contributed by atoms with Crippen LogP contribution in [0.5, 0.6) is 5.75 Å². The second-order valence-corrected chi connectivity index (χ2v) is 11.0. The van der Waals surface area contributed by atoms with Crippen LogP contribution in [0.3, 0.4) is 0 Å². The van der Waals surface area contributed by atoms with Gasteiger partial charge in [-0.1, -0.05) is 30.0 Å². The molecule has 3 unspecified atom stereocenters. The zero-order chi connectivity index (χ0) is 29.8. The van der Waals surface area contributed by atoms with Gasteiger partial charge in [0.1, 0.15) is 36.2 Å². The number of anilines is 1. The minimum Gasteiger partial charge on any atom is -0.462 e. The Morgan fingerprint density at radius 2 is 2.05 bits per heavy atom. The van der Waals surface area contributed by atoms with E-state index in [1.54, 1.807) is 32.0 Å². The first-order valence-electron chi connectivity index (χ1n) is 12.5. The summed E-state index contributed by atoms with van der Waals surface area (Å²) in [6, 6.07) is 6.81. The van der Waals surface area contributed by atoms with E-state index in [2.05, 4.69) is 26.0 Å². The number of ether oxygens (including phenoxy) is 2. The molecule has 220 valence electrons. The topological polar surface area (TPSA) is 173 Å². The van der Waals surface area contributed by atoms with E-state index in [-0.39, 0.29) is 22.9 Å². The molecular formula is C25H29F2N6O7P. The Bertz CT molecular complexity index is 1480. The number of nitrogens with zero attached hydrogens (tertiary/aromatic N) is 4. The molecule has 1 aliphatic heterocycles. The fourth-order valence-electron chi connectivity index (χ4n) is 3.98. The minimum absolute atomic E-state index is 0.0672. The average molecular weight is 595 g/mol. The standard InChI is InChI=1S/C25H29F2N6O7P/c1-15(2)38-22(35)16(3)32-41(36,40-17-8-5-4-6-9-17)37-13-19-20(34)25(27,10-7-11-26)23(39-19)33-14-30-18-12-29-24(28)31-21(18)33/h4-6,8-9,12,14-16,19-20,23,34H,11,13H2,1-3H3,(H,32,36)(H2,28,29,31)/t16?,19-,20?,23-,25-,41?/m1/s1. The van der Waals surface area contributed by atoms with Gasteiger partial charge in [-0.05, 0) is 32.9 Å². The maximum atomic E-state index is 16.3. The summed E-state index contributed by atoms with van der Waals surface area (Å²) < 4.78 is 66.2. The number of carbonyl (C=O) groups is 1. The van der Waals surface area contributed by atoms with Gasteiger partial charge in [0, 0.05) is 0 Å². The Hall–Kier alpha value is -3.67. The molecule has 3 aromatic rings. The molecule has 4 rings (SSSR count). The van der Waals surface area contributed by atoms with Gasteiger partial charge in [0.15, 0.2) is 11.9 Å². The van der Waals surface area contributed by atoms with Crippen LogP contribution in [-0.4, -0.2) is 73.9 Å². The van der Waals surface area contributed by atoms with Crippen molar-refractivity contribution in [3.05, 3.63) is 42.9 Å². The predicted molar refractivity (Wildman–Crippen MR) is 142 cm³/mol. The quantitative estimate of drug-likeness (QED) is 0.178. The van der Waals surface area contributed by atoms with Crippen molar-refractivity contribution >= 4 is 30.8 Å². The highest BCUT2D eigenvalue weighted by Gasteiger charge is 2.58. The van der Waals surface area contributed by atoms with Gasteiger partial charge in [-0.2, -0.15) is 10.1 Å². The van der Waals surface area contributed by atoms with E-state index in [1.807, 2.05) is 5.92 Å². The highest BCUT2D eigenvalue weighted by Crippen LogP contribution is 2.48. The van der Waals surface area contributed by atoms with Crippen molar-refractivity contribution in [1.29, 1.82) is 0 Å². The zero-order valence-corrected chi connectivity index (χ0v) is 23.2. The van der Waals surface area contributed by atoms with Crippen molar-refractivity contribution in [2.75, 3.05) is 19.0 Å². The van der Waals surface area contributed by atoms with Gasteiger partial charge < -0.3 is 24.8 Å². The summed E-state index contributed by atoms with van der Waals surface area (Å²) in [5.41, 5.74) is 3.10. The number of nitrogens with one attached hydrogen (secondary N) is 1. The molecule has 4 N–H and O–H groups in total. The molecule has 41 heavy (non-hydrogen) atoms. The van der Waals surface area contributed by atoms with Gasteiger partial charge >= 0.3 is 13.7 Å². The molecular weight excluding hydrogens is 565 g/mol. The number of halogens is 2. The van der Waals surface area contributed by atoms with Crippen LogP contribution in [0.2, 0.25) is 0 Å². The Morgan fingerprint density at radius 3 is 2.73 bits per heavy atom. The average Bonchev–Trinajstić information content (AvgIpc) is 3.44. The van der Waals surface area contributed by atoms with Gasteiger partial charge in [-0.3, -0.25) is 13.9 Å². The molecule has 0 saturated carbocycles. The number of fused-ring (bicyclic) bond motifs is 1. The van der Waals surface area contributed by atoms with Crippen LogP contribution < -0.4 is 15.3 Å². The van der Waals surface area contributed by atoms with Crippen LogP contribution in [0.15, 0.2) is 42.9 Å². The summed E-state index contributed by atoms with van der Waals surface area (Å²) >= 11 is 0. The van der Waals surface area contributed by atoms with Crippen LogP contribution >= 0.6 is 7.75 Å². The lowest BCUT2D eigenvalue weighted by Crippen LogP contribution is -2.42. The molecule has 0 spiro atoms. The predicted octanol–water partition coefficient (Wildman–Crippen LogP) is 2.48. The molecule has 1 saturated heterocycles. The number of aromatic nitrogens is 4. The molecule has 1 aliphatic rings. The molecule has 0 aliphatic carbocycles. The molecule has 16 heteroatoms. The lowest BCUT2D eigenvalue weighted by molar-refractivity contribution is -0.149. The monoisotopic (exact) mass is 594 g/mol. The fraction of sp³-hybridized carbons (Fsp3) is 0.440. The maximum Gasteiger partial charge on any atom is 0.459 e. The summed E-state index contributed by atoms with van der Waals surface area (Å²) in [6.07, 6.45) is -3.16. The second-order valence-electron chi connectivity index (χ2n) is 9.30. The third kappa shape index (κ3) is 6.80. The summed E-state index contributed by atoms with van der Waals surface area (Å²) in [5.74, 6) is 3.34. The first-order valence-corrected chi connectivity index (χ1v) is 14.0. The van der Waals surface area contributed by atoms with E-state index in [9.17, 15) is 18.9 Å². The number of imidazole rings is 1. The Balaban J connectivity index is 1.61. The number of rotatable bonds is 10. The summed E-state index contributed by atoms with van der Waals surface area (Å²) in [5, 5.41) is 13.5. The number of nitrogens with two attached hydrogens (primary N) is 1. The third-order valence-corrected chi connectivity index (χ3v) is 7.46. The smallest absolute Gasteiger partial charge is 0.459 e. The van der Waals surface area contributed by atoms with Gasteiger partial charge in [-0.25, -0.2) is 23.3 Å². The molecule has 0 amide bonds. The van der Waals surface area contributed by atoms with E-state index in [1.165, 1.54) is 31.6 Å². The van der Waals surface area contributed by atoms with Crippen LogP contribution in [-0.2, 0) is 23.4 Å². The Labute approximate surface area is 234 Å². The van der Waals surface area contributed by atoms with Crippen LogP contribution in [0, 0.1) is 11.8 Å². The SMILES string of the molecule is CC(C)OC(=O)C(C)NP(=O)(OC[C@H]1O[C@@H](n2cnc3cnc(N)nc32)[C@@](F)(C#CCF)C1O)Oc1ccccc1. The first kappa shape index (κ1) is 30.3. The minimum atomic E-state index is -4.38. The van der Waals surface area contributed by atoms with E-state index < -0.39 is 63.2 Å². The van der Waals surface area contributed by atoms with Crippen molar-refractivity contribution in [3.8, 4) is 17.6 Å². The number of aliphatic hydroxyl groups is 1. The third-order valence-electron chi connectivity index (χ3n) is 5.81. The summed E-state index contributed by atoms with van der Waals surface area (Å²) in [7, 11) is -4.38. The van der Waals surface area contributed by atoms with Crippen molar-refractivity contribution in [1.82, 2.24) is 24.6 Å². The van der Waals surface area contributed by atoms with Crippen molar-refractivity contribution in [2.24, 2.45) is 0 Å². The molecule has 6 atom stereocenters. The van der Waals surface area contributed by atoms with E-state index in [0.717, 1.165) is 4.57 Å². The molecule has 0 radical (unpaired) electrons. The van der Waals surface area contributed by atoms with Crippen molar-refractivity contribution in [3.63, 3.8) is 0 Å². The largest absolute Gasteiger partial charge is 0.462 e. The van der Waals surface area contributed by atoms with Gasteiger partial charge in [0.05, 0.1) is 25.2 Å². The highest BCUT2D eigenvalue weighted by molar-refractivity contribution is 7.52. The number of para-hydroxylation sites is 1. The van der Waals surface area contributed by atoms with E-state index >= 15 is 4.39 Å². The van der Waals surface area contributed by atoms with Crippen molar-refractivity contribution in [2.45, 2.75) is 57.0 Å². The lowest BCUT2D eigenvalue weighted by atomic mass is 9.96.